The molecule has 1 aromatic carbocycles. The van der Waals surface area contributed by atoms with Crippen molar-refractivity contribution in [2.45, 2.75) is 6.42 Å². The van der Waals surface area contributed by atoms with E-state index in [9.17, 15) is 4.79 Å². The molecule has 5 nitrogen and oxygen atoms in total. The Balaban J connectivity index is 1.76. The van der Waals surface area contributed by atoms with Crippen molar-refractivity contribution in [2.24, 2.45) is 5.92 Å². The molecule has 1 fully saturated rings. The van der Waals surface area contributed by atoms with E-state index < -0.39 is 0 Å². The third-order valence-electron chi connectivity index (χ3n) is 4.47. The Bertz CT molecular complexity index is 700. The summed E-state index contributed by atoms with van der Waals surface area (Å²) in [5.41, 5.74) is 2.61. The number of nitrogens with one attached hydrogen (secondary N) is 1. The van der Waals surface area contributed by atoms with Crippen molar-refractivity contribution in [1.82, 2.24) is 15.2 Å². The summed E-state index contributed by atoms with van der Waals surface area (Å²) in [7, 11) is 3.60. The second-order valence-corrected chi connectivity index (χ2v) is 6.15. The number of methoxy groups -OCH3 is 1. The second kappa shape index (κ2) is 7.45. The molecule has 1 amide bonds. The third-order valence-corrected chi connectivity index (χ3v) is 4.47. The Kier molecular flexibility index (Phi) is 5.11. The topological polar surface area (TPSA) is 54.5 Å². The average molecular weight is 325 g/mol. The lowest BCUT2D eigenvalue weighted by molar-refractivity contribution is 0.0787. The van der Waals surface area contributed by atoms with Gasteiger partial charge in [0.25, 0.3) is 5.91 Å². The number of rotatable bonds is 5. The maximum Gasteiger partial charge on any atom is 0.255 e. The Morgan fingerprint density at radius 2 is 2.08 bits per heavy atom. The van der Waals surface area contributed by atoms with E-state index in [-0.39, 0.29) is 5.91 Å². The standard InChI is InChI=1S/C19H23N3O2/c1-20-10-14-7-8-22(13-14)19(23)17-9-16(11-21-12-17)15-3-5-18(24-2)6-4-15/h3-6,9,11-12,14,20H,7-8,10,13H2,1-2H3. The normalized spacial score (nSPS) is 17.1. The largest absolute Gasteiger partial charge is 0.497 e. The van der Waals surface area contributed by atoms with Crippen LogP contribution < -0.4 is 10.1 Å². The Labute approximate surface area is 142 Å². The van der Waals surface area contributed by atoms with Gasteiger partial charge in [-0.15, -0.1) is 0 Å². The van der Waals surface area contributed by atoms with E-state index >= 15 is 0 Å². The molecule has 1 atom stereocenters. The van der Waals surface area contributed by atoms with Gasteiger partial charge in [0.2, 0.25) is 0 Å². The monoisotopic (exact) mass is 325 g/mol. The highest BCUT2D eigenvalue weighted by atomic mass is 16.5. The van der Waals surface area contributed by atoms with E-state index in [0.29, 0.717) is 11.5 Å². The van der Waals surface area contributed by atoms with Crippen molar-refractivity contribution in [2.75, 3.05) is 33.8 Å². The number of nitrogens with zero attached hydrogens (tertiary/aromatic N) is 2. The number of hydrogen-bond donors (Lipinski definition) is 1. The zero-order chi connectivity index (χ0) is 16.9. The van der Waals surface area contributed by atoms with Gasteiger partial charge in [-0.25, -0.2) is 0 Å². The number of hydrogen-bond acceptors (Lipinski definition) is 4. The van der Waals surface area contributed by atoms with Crippen LogP contribution in [0.5, 0.6) is 5.75 Å². The molecule has 1 saturated heterocycles. The molecule has 0 aliphatic carbocycles. The highest BCUT2D eigenvalue weighted by Crippen LogP contribution is 2.24. The number of ether oxygens (including phenoxy) is 1. The van der Waals surface area contributed by atoms with E-state index in [1.807, 2.05) is 42.3 Å². The van der Waals surface area contributed by atoms with Crippen LogP contribution in [0.3, 0.4) is 0 Å². The van der Waals surface area contributed by atoms with Crippen LogP contribution in [-0.4, -0.2) is 49.6 Å². The zero-order valence-electron chi connectivity index (χ0n) is 14.2. The maximum absolute atomic E-state index is 12.7. The van der Waals surface area contributed by atoms with E-state index in [0.717, 1.165) is 42.9 Å². The van der Waals surface area contributed by atoms with Gasteiger partial charge in [0.05, 0.1) is 12.7 Å². The highest BCUT2D eigenvalue weighted by molar-refractivity contribution is 5.95. The van der Waals surface area contributed by atoms with Gasteiger partial charge in [-0.2, -0.15) is 0 Å². The van der Waals surface area contributed by atoms with Crippen LogP contribution in [0.2, 0.25) is 0 Å². The van der Waals surface area contributed by atoms with Crippen LogP contribution >= 0.6 is 0 Å². The number of aromatic nitrogens is 1. The summed E-state index contributed by atoms with van der Waals surface area (Å²) in [6.07, 6.45) is 4.49. The number of likely N-dealkylation sites (tertiary alicyclic amines) is 1. The van der Waals surface area contributed by atoms with Crippen molar-refractivity contribution >= 4 is 5.91 Å². The molecule has 3 rings (SSSR count). The maximum atomic E-state index is 12.7. The smallest absolute Gasteiger partial charge is 0.255 e. The minimum Gasteiger partial charge on any atom is -0.497 e. The van der Waals surface area contributed by atoms with Crippen molar-refractivity contribution in [1.29, 1.82) is 0 Å². The summed E-state index contributed by atoms with van der Waals surface area (Å²) >= 11 is 0. The lowest BCUT2D eigenvalue weighted by Gasteiger charge is -2.17. The van der Waals surface area contributed by atoms with Gasteiger partial charge in [-0.3, -0.25) is 9.78 Å². The number of pyridine rings is 1. The molecule has 24 heavy (non-hydrogen) atoms. The van der Waals surface area contributed by atoms with Crippen LogP contribution in [-0.2, 0) is 0 Å². The molecule has 2 heterocycles. The van der Waals surface area contributed by atoms with Gasteiger partial charge in [-0.1, -0.05) is 12.1 Å². The molecule has 1 aliphatic rings. The van der Waals surface area contributed by atoms with E-state index in [1.54, 1.807) is 19.5 Å². The van der Waals surface area contributed by atoms with Crippen LogP contribution in [0.25, 0.3) is 11.1 Å². The number of benzene rings is 1. The average Bonchev–Trinajstić information content (AvgIpc) is 3.10. The summed E-state index contributed by atoms with van der Waals surface area (Å²) in [4.78, 5) is 18.9. The fourth-order valence-electron chi connectivity index (χ4n) is 3.15. The highest BCUT2D eigenvalue weighted by Gasteiger charge is 2.26. The van der Waals surface area contributed by atoms with Crippen LogP contribution in [0.1, 0.15) is 16.8 Å². The molecule has 1 N–H and O–H groups in total. The van der Waals surface area contributed by atoms with Gasteiger partial charge in [-0.05, 0) is 49.7 Å². The molecule has 126 valence electrons. The lowest BCUT2D eigenvalue weighted by atomic mass is 10.1. The van der Waals surface area contributed by atoms with Crippen molar-refractivity contribution < 1.29 is 9.53 Å². The quantitative estimate of drug-likeness (QED) is 0.917. The summed E-state index contributed by atoms with van der Waals surface area (Å²) in [6.45, 7) is 2.58. The fourth-order valence-corrected chi connectivity index (χ4v) is 3.15. The molecular weight excluding hydrogens is 302 g/mol. The summed E-state index contributed by atoms with van der Waals surface area (Å²) in [6, 6.07) is 9.69. The number of carbonyl (C=O) groups excluding carboxylic acids is 1. The van der Waals surface area contributed by atoms with Crippen LogP contribution in [0.4, 0.5) is 0 Å². The lowest BCUT2D eigenvalue weighted by Crippen LogP contribution is -2.30. The first-order valence-corrected chi connectivity index (χ1v) is 8.24. The zero-order valence-corrected chi connectivity index (χ0v) is 14.2. The molecule has 1 aromatic heterocycles. The Morgan fingerprint density at radius 1 is 1.29 bits per heavy atom. The SMILES string of the molecule is CNCC1CCN(C(=O)c2cncc(-c3ccc(OC)cc3)c2)C1. The molecule has 1 unspecified atom stereocenters. The first kappa shape index (κ1) is 16.5. The van der Waals surface area contributed by atoms with Gasteiger partial charge < -0.3 is 15.0 Å². The summed E-state index contributed by atoms with van der Waals surface area (Å²) < 4.78 is 5.18. The van der Waals surface area contributed by atoms with Crippen molar-refractivity contribution in [3.63, 3.8) is 0 Å². The molecule has 0 radical (unpaired) electrons. The van der Waals surface area contributed by atoms with Gasteiger partial charge in [0.15, 0.2) is 0 Å². The molecule has 0 spiro atoms. The second-order valence-electron chi connectivity index (χ2n) is 6.15. The van der Waals surface area contributed by atoms with Gasteiger partial charge >= 0.3 is 0 Å². The fraction of sp³-hybridized carbons (Fsp3) is 0.368. The molecule has 2 aromatic rings. The Hall–Kier alpha value is -2.40. The summed E-state index contributed by atoms with van der Waals surface area (Å²) in [5, 5.41) is 3.19. The van der Waals surface area contributed by atoms with Crippen molar-refractivity contribution in [3.8, 4) is 16.9 Å². The first-order valence-electron chi connectivity index (χ1n) is 8.24. The first-order chi connectivity index (χ1) is 11.7. The molecule has 1 aliphatic heterocycles. The third kappa shape index (κ3) is 3.57. The van der Waals surface area contributed by atoms with Gasteiger partial charge in [0.1, 0.15) is 5.75 Å². The van der Waals surface area contributed by atoms with Crippen molar-refractivity contribution in [3.05, 3.63) is 48.3 Å². The molecular formula is C19H23N3O2. The van der Waals surface area contributed by atoms with E-state index in [2.05, 4.69) is 10.3 Å². The van der Waals surface area contributed by atoms with E-state index in [4.69, 9.17) is 4.74 Å². The predicted octanol–water partition coefficient (Wildman–Crippen LogP) is 2.44. The molecule has 5 heteroatoms. The van der Waals surface area contributed by atoms with Gasteiger partial charge in [0, 0.05) is 31.0 Å². The number of carbonyl (C=O) groups is 1. The number of amides is 1. The Morgan fingerprint density at radius 3 is 2.79 bits per heavy atom. The van der Waals surface area contributed by atoms with Crippen LogP contribution in [0, 0.1) is 5.92 Å². The molecule has 0 saturated carbocycles. The molecule has 0 bridgehead atoms. The van der Waals surface area contributed by atoms with E-state index in [1.165, 1.54) is 0 Å². The minimum atomic E-state index is 0.0662. The summed E-state index contributed by atoms with van der Waals surface area (Å²) in [5.74, 6) is 1.42. The minimum absolute atomic E-state index is 0.0662. The predicted molar refractivity (Wildman–Crippen MR) is 94.2 cm³/mol. The van der Waals surface area contributed by atoms with Crippen LogP contribution in [0.15, 0.2) is 42.7 Å².